The van der Waals surface area contributed by atoms with Crippen molar-refractivity contribution in [3.8, 4) is 5.69 Å². The molecule has 0 unspecified atom stereocenters. The molecular weight excluding hydrogens is 274 g/mol. The highest BCUT2D eigenvalue weighted by molar-refractivity contribution is 7.80. The lowest BCUT2D eigenvalue weighted by Crippen LogP contribution is -2.26. The highest BCUT2D eigenvalue weighted by Gasteiger charge is 2.13. The van der Waals surface area contributed by atoms with Gasteiger partial charge in [0.2, 0.25) is 0 Å². The summed E-state index contributed by atoms with van der Waals surface area (Å²) in [5.41, 5.74) is 0.984. The maximum absolute atomic E-state index is 12.0. The number of carbonyl (C=O) groups is 1. The van der Waals surface area contributed by atoms with Crippen molar-refractivity contribution in [3.05, 3.63) is 35.1 Å². The summed E-state index contributed by atoms with van der Waals surface area (Å²) in [7, 11) is 0. The molecular formula is C10H10ClN5OS. The van der Waals surface area contributed by atoms with Crippen molar-refractivity contribution < 1.29 is 4.79 Å². The van der Waals surface area contributed by atoms with Gasteiger partial charge < -0.3 is 5.32 Å². The van der Waals surface area contributed by atoms with Crippen LogP contribution in [0, 0.1) is 0 Å². The van der Waals surface area contributed by atoms with Gasteiger partial charge >= 0.3 is 0 Å². The SMILES string of the molecule is O=C(NCCS)c1cc(Cl)ccc1-n1cnnn1. The second-order valence-electron chi connectivity index (χ2n) is 3.40. The van der Waals surface area contributed by atoms with Crippen molar-refractivity contribution in [1.82, 2.24) is 25.5 Å². The molecule has 2 rings (SSSR count). The van der Waals surface area contributed by atoms with E-state index in [1.807, 2.05) is 0 Å². The minimum absolute atomic E-state index is 0.239. The molecule has 2 aromatic rings. The Morgan fingerprint density at radius 1 is 1.50 bits per heavy atom. The molecule has 0 bridgehead atoms. The van der Waals surface area contributed by atoms with Gasteiger partial charge in [-0.1, -0.05) is 11.6 Å². The van der Waals surface area contributed by atoms with Gasteiger partial charge in [0.1, 0.15) is 6.33 Å². The monoisotopic (exact) mass is 283 g/mol. The van der Waals surface area contributed by atoms with E-state index in [-0.39, 0.29) is 5.91 Å². The van der Waals surface area contributed by atoms with E-state index in [0.717, 1.165) is 0 Å². The molecule has 0 radical (unpaired) electrons. The minimum Gasteiger partial charge on any atom is -0.351 e. The third-order valence-corrected chi connectivity index (χ3v) is 2.66. The van der Waals surface area contributed by atoms with Crippen molar-refractivity contribution in [2.45, 2.75) is 0 Å². The van der Waals surface area contributed by atoms with Crippen LogP contribution in [0.25, 0.3) is 5.69 Å². The van der Waals surface area contributed by atoms with Gasteiger partial charge in [-0.3, -0.25) is 4.79 Å². The Labute approximate surface area is 114 Å². The molecule has 0 saturated carbocycles. The predicted molar refractivity (Wildman–Crippen MR) is 70.4 cm³/mol. The van der Waals surface area contributed by atoms with Gasteiger partial charge in [-0.25, -0.2) is 0 Å². The third kappa shape index (κ3) is 2.80. The van der Waals surface area contributed by atoms with Gasteiger partial charge in [-0.2, -0.15) is 17.3 Å². The Balaban J connectivity index is 2.38. The van der Waals surface area contributed by atoms with Crippen LogP contribution in [0.1, 0.15) is 10.4 Å². The molecule has 0 aliphatic carbocycles. The van der Waals surface area contributed by atoms with Gasteiger partial charge in [0.15, 0.2) is 0 Å². The number of benzene rings is 1. The summed E-state index contributed by atoms with van der Waals surface area (Å²) in [4.78, 5) is 12.0. The van der Waals surface area contributed by atoms with E-state index in [0.29, 0.717) is 28.6 Å². The molecule has 0 atom stereocenters. The molecule has 6 nitrogen and oxygen atoms in total. The van der Waals surface area contributed by atoms with E-state index >= 15 is 0 Å². The molecule has 0 saturated heterocycles. The van der Waals surface area contributed by atoms with E-state index in [2.05, 4.69) is 33.5 Å². The van der Waals surface area contributed by atoms with Crippen molar-refractivity contribution in [1.29, 1.82) is 0 Å². The van der Waals surface area contributed by atoms with Crippen LogP contribution in [0.3, 0.4) is 0 Å². The van der Waals surface area contributed by atoms with Crippen LogP contribution in [-0.2, 0) is 0 Å². The fourth-order valence-corrected chi connectivity index (χ4v) is 1.71. The van der Waals surface area contributed by atoms with Crippen molar-refractivity contribution >= 4 is 30.1 Å². The molecule has 1 N–H and O–H groups in total. The lowest BCUT2D eigenvalue weighted by atomic mass is 10.1. The van der Waals surface area contributed by atoms with Crippen LogP contribution in [0.2, 0.25) is 5.02 Å². The highest BCUT2D eigenvalue weighted by atomic mass is 35.5. The van der Waals surface area contributed by atoms with Crippen molar-refractivity contribution in [2.24, 2.45) is 0 Å². The van der Waals surface area contributed by atoms with E-state index in [1.165, 1.54) is 11.0 Å². The Bertz CT molecular complexity index is 545. The number of halogens is 1. The van der Waals surface area contributed by atoms with Crippen LogP contribution >= 0.6 is 24.2 Å². The summed E-state index contributed by atoms with van der Waals surface area (Å²) in [6.45, 7) is 0.476. The van der Waals surface area contributed by atoms with Gasteiger partial charge in [-0.05, 0) is 28.6 Å². The Hall–Kier alpha value is -1.60. The number of carbonyl (C=O) groups excluding carboxylic acids is 1. The van der Waals surface area contributed by atoms with Crippen molar-refractivity contribution in [2.75, 3.05) is 12.3 Å². The number of nitrogens with zero attached hydrogens (tertiary/aromatic N) is 4. The quantitative estimate of drug-likeness (QED) is 0.821. The van der Waals surface area contributed by atoms with Crippen LogP contribution in [0.5, 0.6) is 0 Å². The molecule has 0 aliphatic heterocycles. The van der Waals surface area contributed by atoms with E-state index in [9.17, 15) is 4.79 Å². The smallest absolute Gasteiger partial charge is 0.253 e. The molecule has 0 spiro atoms. The summed E-state index contributed by atoms with van der Waals surface area (Å²) >= 11 is 9.94. The Kier molecular flexibility index (Phi) is 4.16. The number of nitrogens with one attached hydrogen (secondary N) is 1. The van der Waals surface area contributed by atoms with Gasteiger partial charge in [0.05, 0.1) is 11.3 Å². The maximum atomic E-state index is 12.0. The molecule has 1 aromatic heterocycles. The number of tetrazole rings is 1. The summed E-state index contributed by atoms with van der Waals surface area (Å²) in [6, 6.07) is 4.94. The lowest BCUT2D eigenvalue weighted by Gasteiger charge is -2.09. The summed E-state index contributed by atoms with van der Waals surface area (Å²) in [5, 5.41) is 14.0. The van der Waals surface area contributed by atoms with Gasteiger partial charge in [0.25, 0.3) is 5.91 Å². The molecule has 1 heterocycles. The second kappa shape index (κ2) is 5.83. The molecule has 1 amide bonds. The van der Waals surface area contributed by atoms with Crippen LogP contribution in [0.4, 0.5) is 0 Å². The fourth-order valence-electron chi connectivity index (χ4n) is 1.43. The largest absolute Gasteiger partial charge is 0.351 e. The number of thiol groups is 1. The number of amides is 1. The standard InChI is InChI=1S/C10H10ClN5OS/c11-7-1-2-9(16-6-13-14-15-16)8(5-7)10(17)12-3-4-18/h1-2,5-6,18H,3-4H2,(H,12,17). The second-order valence-corrected chi connectivity index (χ2v) is 4.28. The summed E-state index contributed by atoms with van der Waals surface area (Å²) < 4.78 is 1.41. The molecule has 0 fully saturated rings. The normalized spacial score (nSPS) is 10.3. The molecule has 0 aliphatic rings. The maximum Gasteiger partial charge on any atom is 0.253 e. The first-order valence-corrected chi connectivity index (χ1v) is 6.15. The predicted octanol–water partition coefficient (Wildman–Crippen LogP) is 0.975. The minimum atomic E-state index is -0.239. The lowest BCUT2D eigenvalue weighted by molar-refractivity contribution is 0.0956. The summed E-state index contributed by atoms with van der Waals surface area (Å²) in [6.07, 6.45) is 1.42. The first-order valence-electron chi connectivity index (χ1n) is 5.14. The van der Waals surface area contributed by atoms with E-state index in [4.69, 9.17) is 11.6 Å². The number of aromatic nitrogens is 4. The van der Waals surface area contributed by atoms with Crippen LogP contribution in [-0.4, -0.2) is 38.4 Å². The molecule has 18 heavy (non-hydrogen) atoms. The van der Waals surface area contributed by atoms with Crippen molar-refractivity contribution in [3.63, 3.8) is 0 Å². The first-order chi connectivity index (χ1) is 8.72. The number of hydrogen-bond donors (Lipinski definition) is 2. The van der Waals surface area contributed by atoms with Crippen LogP contribution < -0.4 is 5.32 Å². The third-order valence-electron chi connectivity index (χ3n) is 2.20. The molecule has 94 valence electrons. The Morgan fingerprint density at radius 2 is 2.33 bits per heavy atom. The number of hydrogen-bond acceptors (Lipinski definition) is 5. The average Bonchev–Trinajstić information content (AvgIpc) is 2.89. The average molecular weight is 284 g/mol. The zero-order valence-corrected chi connectivity index (χ0v) is 10.9. The fraction of sp³-hybridized carbons (Fsp3) is 0.200. The van der Waals surface area contributed by atoms with E-state index < -0.39 is 0 Å². The van der Waals surface area contributed by atoms with Crippen LogP contribution in [0.15, 0.2) is 24.5 Å². The molecule has 1 aromatic carbocycles. The zero-order valence-electron chi connectivity index (χ0n) is 9.25. The first kappa shape index (κ1) is 12.8. The molecule has 8 heteroatoms. The zero-order chi connectivity index (χ0) is 13.0. The Morgan fingerprint density at radius 3 is 3.00 bits per heavy atom. The highest BCUT2D eigenvalue weighted by Crippen LogP contribution is 2.18. The van der Waals surface area contributed by atoms with Gasteiger partial charge in [0, 0.05) is 17.3 Å². The van der Waals surface area contributed by atoms with Gasteiger partial charge in [-0.15, -0.1) is 5.10 Å². The topological polar surface area (TPSA) is 72.7 Å². The van der Waals surface area contributed by atoms with E-state index in [1.54, 1.807) is 18.2 Å². The summed E-state index contributed by atoms with van der Waals surface area (Å²) in [5.74, 6) is 0.323. The number of rotatable bonds is 4.